The third kappa shape index (κ3) is 2.75. The highest BCUT2D eigenvalue weighted by molar-refractivity contribution is 5.82. The fourth-order valence-corrected chi connectivity index (χ4v) is 3.29. The number of nitrogens with one attached hydrogen (secondary N) is 1. The summed E-state index contributed by atoms with van der Waals surface area (Å²) in [6.07, 6.45) is 3.77. The Balaban J connectivity index is 1.53. The minimum Gasteiger partial charge on any atom is -0.368 e. The van der Waals surface area contributed by atoms with Gasteiger partial charge in [-0.05, 0) is 24.6 Å². The van der Waals surface area contributed by atoms with E-state index in [1.165, 1.54) is 16.5 Å². The third-order valence-electron chi connectivity index (χ3n) is 4.50. The van der Waals surface area contributed by atoms with Gasteiger partial charge in [-0.3, -0.25) is 4.90 Å². The van der Waals surface area contributed by atoms with Crippen molar-refractivity contribution in [3.05, 3.63) is 48.2 Å². The Labute approximate surface area is 135 Å². The van der Waals surface area contributed by atoms with Crippen molar-refractivity contribution in [2.24, 2.45) is 0 Å². The average molecular weight is 311 g/mol. The molecule has 0 spiro atoms. The molecule has 0 bridgehead atoms. The fraction of sp³-hybridized carbons (Fsp3) is 0.412. The number of H-pyrrole nitrogens is 1. The van der Waals surface area contributed by atoms with Gasteiger partial charge < -0.3 is 14.3 Å². The Bertz CT molecular complexity index is 793. The number of nitrogens with zero attached hydrogens (tertiary/aromatic N) is 4. The lowest BCUT2D eigenvalue weighted by molar-refractivity contribution is -0.0387. The molecule has 1 aromatic carbocycles. The van der Waals surface area contributed by atoms with Crippen molar-refractivity contribution in [1.29, 1.82) is 0 Å². The van der Waals surface area contributed by atoms with Crippen LogP contribution in [0.2, 0.25) is 0 Å². The Morgan fingerprint density at radius 3 is 3.22 bits per heavy atom. The summed E-state index contributed by atoms with van der Waals surface area (Å²) in [5.74, 6) is 0.928. The second kappa shape index (κ2) is 6.14. The van der Waals surface area contributed by atoms with E-state index in [0.29, 0.717) is 0 Å². The van der Waals surface area contributed by atoms with Gasteiger partial charge in [-0.2, -0.15) is 0 Å². The van der Waals surface area contributed by atoms with Crippen LogP contribution < -0.4 is 0 Å². The average Bonchev–Trinajstić information content (AvgIpc) is 3.24. The van der Waals surface area contributed by atoms with E-state index in [4.69, 9.17) is 4.74 Å². The molecule has 23 heavy (non-hydrogen) atoms. The van der Waals surface area contributed by atoms with Crippen molar-refractivity contribution in [3.63, 3.8) is 0 Å². The van der Waals surface area contributed by atoms with Gasteiger partial charge in [0.25, 0.3) is 0 Å². The standard InChI is InChI=1S/C17H21N5O/c1-2-22-12-19-20-17(22)16-11-21(8-9-23-16)10-13-4-3-5-15-14(13)6-7-18-15/h3-7,12,16,18H,2,8-11H2,1H3/t16-/m0/s1. The zero-order chi connectivity index (χ0) is 15.6. The van der Waals surface area contributed by atoms with Crippen LogP contribution in [0.4, 0.5) is 0 Å². The summed E-state index contributed by atoms with van der Waals surface area (Å²) < 4.78 is 7.99. The highest BCUT2D eigenvalue weighted by Crippen LogP contribution is 2.24. The number of ether oxygens (including phenoxy) is 1. The van der Waals surface area contributed by atoms with E-state index in [-0.39, 0.29) is 6.10 Å². The summed E-state index contributed by atoms with van der Waals surface area (Å²) in [6.45, 7) is 6.40. The van der Waals surface area contributed by atoms with Crippen LogP contribution in [0.1, 0.15) is 24.4 Å². The third-order valence-corrected chi connectivity index (χ3v) is 4.50. The van der Waals surface area contributed by atoms with E-state index in [1.807, 2.05) is 6.20 Å². The van der Waals surface area contributed by atoms with Crippen molar-refractivity contribution in [2.45, 2.75) is 26.1 Å². The molecule has 6 nitrogen and oxygen atoms in total. The molecule has 0 aliphatic carbocycles. The van der Waals surface area contributed by atoms with E-state index in [9.17, 15) is 0 Å². The quantitative estimate of drug-likeness (QED) is 0.803. The van der Waals surface area contributed by atoms with Crippen molar-refractivity contribution < 1.29 is 4.74 Å². The summed E-state index contributed by atoms with van der Waals surface area (Å²) in [6, 6.07) is 8.58. The van der Waals surface area contributed by atoms with E-state index >= 15 is 0 Å². The molecule has 1 N–H and O–H groups in total. The summed E-state index contributed by atoms with van der Waals surface area (Å²) in [4.78, 5) is 5.71. The summed E-state index contributed by atoms with van der Waals surface area (Å²) >= 11 is 0. The molecular formula is C17H21N5O. The first-order valence-corrected chi connectivity index (χ1v) is 8.12. The van der Waals surface area contributed by atoms with Gasteiger partial charge >= 0.3 is 0 Å². The van der Waals surface area contributed by atoms with E-state index in [2.05, 4.69) is 55.8 Å². The summed E-state index contributed by atoms with van der Waals surface area (Å²) in [5.41, 5.74) is 2.54. The molecule has 1 fully saturated rings. The SMILES string of the molecule is CCn1cnnc1[C@@H]1CN(Cc2cccc3[nH]ccc23)CCO1. The lowest BCUT2D eigenvalue weighted by Gasteiger charge is -2.32. The Hall–Kier alpha value is -2.18. The number of hydrogen-bond acceptors (Lipinski definition) is 4. The molecule has 1 atom stereocenters. The fourth-order valence-electron chi connectivity index (χ4n) is 3.29. The minimum atomic E-state index is -0.00312. The summed E-state index contributed by atoms with van der Waals surface area (Å²) in [7, 11) is 0. The first-order chi connectivity index (χ1) is 11.3. The van der Waals surface area contributed by atoms with Crippen LogP contribution in [0.25, 0.3) is 10.9 Å². The van der Waals surface area contributed by atoms with Crippen LogP contribution in [0.15, 0.2) is 36.8 Å². The molecule has 2 aromatic heterocycles. The first kappa shape index (κ1) is 14.4. The molecule has 6 heteroatoms. The zero-order valence-corrected chi connectivity index (χ0v) is 13.3. The molecule has 1 aliphatic heterocycles. The molecule has 3 heterocycles. The maximum absolute atomic E-state index is 5.93. The second-order valence-corrected chi connectivity index (χ2v) is 5.93. The molecule has 0 amide bonds. The van der Waals surface area contributed by atoms with Gasteiger partial charge in [-0.1, -0.05) is 12.1 Å². The van der Waals surface area contributed by atoms with Crippen LogP contribution in [-0.4, -0.2) is 44.3 Å². The highest BCUT2D eigenvalue weighted by atomic mass is 16.5. The van der Waals surface area contributed by atoms with E-state index in [0.717, 1.165) is 38.6 Å². The Morgan fingerprint density at radius 2 is 2.30 bits per heavy atom. The van der Waals surface area contributed by atoms with Gasteiger partial charge in [0.05, 0.1) is 6.61 Å². The van der Waals surface area contributed by atoms with Gasteiger partial charge in [-0.25, -0.2) is 0 Å². The predicted molar refractivity (Wildman–Crippen MR) is 88.0 cm³/mol. The maximum Gasteiger partial charge on any atom is 0.163 e. The van der Waals surface area contributed by atoms with Crippen LogP contribution in [-0.2, 0) is 17.8 Å². The minimum absolute atomic E-state index is 0.00312. The van der Waals surface area contributed by atoms with Gasteiger partial charge in [-0.15, -0.1) is 10.2 Å². The van der Waals surface area contributed by atoms with Crippen LogP contribution >= 0.6 is 0 Å². The number of aromatic nitrogens is 4. The lowest BCUT2D eigenvalue weighted by Crippen LogP contribution is -2.38. The first-order valence-electron chi connectivity index (χ1n) is 8.12. The topological polar surface area (TPSA) is 59.0 Å². The highest BCUT2D eigenvalue weighted by Gasteiger charge is 2.26. The molecule has 1 saturated heterocycles. The Kier molecular flexibility index (Phi) is 3.85. The smallest absolute Gasteiger partial charge is 0.163 e. The molecule has 0 saturated carbocycles. The maximum atomic E-state index is 5.93. The number of fused-ring (bicyclic) bond motifs is 1. The van der Waals surface area contributed by atoms with Crippen molar-refractivity contribution >= 4 is 10.9 Å². The van der Waals surface area contributed by atoms with Crippen molar-refractivity contribution in [2.75, 3.05) is 19.7 Å². The molecule has 1 aliphatic rings. The van der Waals surface area contributed by atoms with Crippen LogP contribution in [0.5, 0.6) is 0 Å². The molecule has 0 radical (unpaired) electrons. The number of morpholine rings is 1. The molecule has 120 valence electrons. The molecule has 3 aromatic rings. The number of hydrogen-bond donors (Lipinski definition) is 1. The predicted octanol–water partition coefficient (Wildman–Crippen LogP) is 2.35. The largest absolute Gasteiger partial charge is 0.368 e. The zero-order valence-electron chi connectivity index (χ0n) is 13.3. The van der Waals surface area contributed by atoms with Gasteiger partial charge in [0.15, 0.2) is 5.82 Å². The van der Waals surface area contributed by atoms with Crippen molar-refractivity contribution in [1.82, 2.24) is 24.6 Å². The van der Waals surface area contributed by atoms with Gasteiger partial charge in [0.2, 0.25) is 0 Å². The van der Waals surface area contributed by atoms with Gasteiger partial charge in [0.1, 0.15) is 12.4 Å². The number of benzene rings is 1. The molecular weight excluding hydrogens is 290 g/mol. The Morgan fingerprint density at radius 1 is 1.35 bits per heavy atom. The number of aromatic amines is 1. The number of aryl methyl sites for hydroxylation is 1. The van der Waals surface area contributed by atoms with Crippen molar-refractivity contribution in [3.8, 4) is 0 Å². The lowest BCUT2D eigenvalue weighted by atomic mass is 10.1. The van der Waals surface area contributed by atoms with Crippen LogP contribution in [0, 0.1) is 0 Å². The molecule has 4 rings (SSSR count). The van der Waals surface area contributed by atoms with E-state index < -0.39 is 0 Å². The summed E-state index contributed by atoms with van der Waals surface area (Å²) in [5, 5.41) is 9.57. The monoisotopic (exact) mass is 311 g/mol. The normalized spacial score (nSPS) is 19.4. The molecule has 0 unspecified atom stereocenters. The van der Waals surface area contributed by atoms with Crippen LogP contribution in [0.3, 0.4) is 0 Å². The number of rotatable bonds is 4. The second-order valence-electron chi connectivity index (χ2n) is 5.93. The van der Waals surface area contributed by atoms with E-state index in [1.54, 1.807) is 6.33 Å². The van der Waals surface area contributed by atoms with Gasteiger partial charge in [0, 0.05) is 43.3 Å².